The number of rotatable bonds is 6. The van der Waals surface area contributed by atoms with Crippen LogP contribution in [-0.4, -0.2) is 0 Å². The van der Waals surface area contributed by atoms with E-state index < -0.39 is 0 Å². The summed E-state index contributed by atoms with van der Waals surface area (Å²) in [6.07, 6.45) is 1.02. The van der Waals surface area contributed by atoms with E-state index in [1.54, 1.807) is 0 Å². The largest absolute Gasteiger partial charge is 0.0622 e. The maximum Gasteiger partial charge on any atom is -0.00491 e. The van der Waals surface area contributed by atoms with E-state index in [4.69, 9.17) is 0 Å². The molecule has 0 spiro atoms. The Kier molecular flexibility index (Phi) is 6.09. The van der Waals surface area contributed by atoms with Crippen molar-refractivity contribution in [2.24, 2.45) is 0 Å². The van der Waals surface area contributed by atoms with E-state index in [0.717, 1.165) is 6.42 Å². The van der Waals surface area contributed by atoms with Gasteiger partial charge in [0.1, 0.15) is 0 Å². The lowest BCUT2D eigenvalue weighted by molar-refractivity contribution is 0.576. The first-order valence-corrected chi connectivity index (χ1v) is 11.9. The van der Waals surface area contributed by atoms with E-state index in [0.29, 0.717) is 11.8 Å². The molecule has 5 rings (SSSR count). The fourth-order valence-corrected chi connectivity index (χ4v) is 4.96. The van der Waals surface area contributed by atoms with Gasteiger partial charge in [0.25, 0.3) is 0 Å². The molecule has 162 valence electrons. The summed E-state index contributed by atoms with van der Waals surface area (Å²) in [4.78, 5) is 0. The van der Waals surface area contributed by atoms with Crippen molar-refractivity contribution in [2.75, 3.05) is 0 Å². The molecule has 2 atom stereocenters. The van der Waals surface area contributed by atoms with Crippen molar-refractivity contribution in [1.29, 1.82) is 0 Å². The van der Waals surface area contributed by atoms with Gasteiger partial charge in [-0.25, -0.2) is 0 Å². The Hall–Kier alpha value is -3.64. The van der Waals surface area contributed by atoms with Gasteiger partial charge in [-0.15, -0.1) is 0 Å². The molecule has 0 bridgehead atoms. The van der Waals surface area contributed by atoms with Gasteiger partial charge >= 0.3 is 0 Å². The summed E-state index contributed by atoms with van der Waals surface area (Å²) in [7, 11) is 0. The van der Waals surface area contributed by atoms with E-state index >= 15 is 0 Å². The minimum Gasteiger partial charge on any atom is -0.0622 e. The van der Waals surface area contributed by atoms with Gasteiger partial charge in [-0.1, -0.05) is 134 Å². The molecule has 0 heteroatoms. The van der Waals surface area contributed by atoms with Crippen molar-refractivity contribution in [3.8, 4) is 11.1 Å². The standard InChI is InChI=1S/C33H30/c1-24-15-17-28(18-16-24)29-21-19-27(20-22-29)25(2)33(23-26-9-4-3-5-10-26)32-14-8-12-30-11-6-7-13-31(30)32/h3-22,25,33H,23H2,1-2H3. The van der Waals surface area contributed by atoms with Crippen molar-refractivity contribution in [1.82, 2.24) is 0 Å². The Bertz CT molecular complexity index is 1320. The molecule has 0 radical (unpaired) electrons. The zero-order valence-corrected chi connectivity index (χ0v) is 19.4. The van der Waals surface area contributed by atoms with Crippen LogP contribution < -0.4 is 0 Å². The van der Waals surface area contributed by atoms with Gasteiger partial charge in [0.05, 0.1) is 0 Å². The quantitative estimate of drug-likeness (QED) is 0.254. The third-order valence-electron chi connectivity index (χ3n) is 6.95. The lowest BCUT2D eigenvalue weighted by Gasteiger charge is -2.27. The van der Waals surface area contributed by atoms with Gasteiger partial charge in [0.2, 0.25) is 0 Å². The van der Waals surface area contributed by atoms with E-state index in [-0.39, 0.29) is 0 Å². The van der Waals surface area contributed by atoms with Crippen LogP contribution in [0.15, 0.2) is 121 Å². The zero-order chi connectivity index (χ0) is 22.6. The summed E-state index contributed by atoms with van der Waals surface area (Å²) in [5.41, 5.74) is 8.05. The number of hydrogen-bond acceptors (Lipinski definition) is 0. The highest BCUT2D eigenvalue weighted by Gasteiger charge is 2.23. The minimum atomic E-state index is 0.392. The van der Waals surface area contributed by atoms with Gasteiger partial charge in [-0.05, 0) is 63.8 Å². The summed E-state index contributed by atoms with van der Waals surface area (Å²) in [5, 5.41) is 2.68. The first-order valence-electron chi connectivity index (χ1n) is 11.9. The van der Waals surface area contributed by atoms with Crippen LogP contribution in [0.25, 0.3) is 21.9 Å². The number of aryl methyl sites for hydroxylation is 1. The van der Waals surface area contributed by atoms with Gasteiger partial charge in [-0.2, -0.15) is 0 Å². The molecular weight excluding hydrogens is 396 g/mol. The monoisotopic (exact) mass is 426 g/mol. The second-order valence-electron chi connectivity index (χ2n) is 9.14. The van der Waals surface area contributed by atoms with Crippen LogP contribution >= 0.6 is 0 Å². The molecule has 0 saturated carbocycles. The van der Waals surface area contributed by atoms with Crippen LogP contribution in [0.5, 0.6) is 0 Å². The number of benzene rings is 5. The van der Waals surface area contributed by atoms with Gasteiger partial charge in [0, 0.05) is 0 Å². The molecule has 0 N–H and O–H groups in total. The van der Waals surface area contributed by atoms with Crippen LogP contribution in [0.4, 0.5) is 0 Å². The van der Waals surface area contributed by atoms with Crippen LogP contribution in [0.2, 0.25) is 0 Å². The fourth-order valence-electron chi connectivity index (χ4n) is 4.96. The van der Waals surface area contributed by atoms with Crippen molar-refractivity contribution in [3.05, 3.63) is 144 Å². The molecule has 0 fully saturated rings. The lowest BCUT2D eigenvalue weighted by Crippen LogP contribution is -2.12. The average molecular weight is 427 g/mol. The molecule has 0 aromatic heterocycles. The van der Waals surface area contributed by atoms with E-state index in [1.165, 1.54) is 44.2 Å². The van der Waals surface area contributed by atoms with E-state index in [1.807, 2.05) is 0 Å². The summed E-state index contributed by atoms with van der Waals surface area (Å²) in [6.45, 7) is 4.52. The van der Waals surface area contributed by atoms with Gasteiger partial charge < -0.3 is 0 Å². The zero-order valence-electron chi connectivity index (χ0n) is 19.4. The van der Waals surface area contributed by atoms with Crippen LogP contribution in [0.3, 0.4) is 0 Å². The predicted octanol–water partition coefficient (Wildman–Crippen LogP) is 8.95. The minimum absolute atomic E-state index is 0.392. The first-order chi connectivity index (χ1) is 16.2. The van der Waals surface area contributed by atoms with Crippen molar-refractivity contribution in [2.45, 2.75) is 32.1 Å². The van der Waals surface area contributed by atoms with Crippen molar-refractivity contribution < 1.29 is 0 Å². The smallest absolute Gasteiger partial charge is 0.00491 e. The average Bonchev–Trinajstić information content (AvgIpc) is 2.88. The molecule has 0 saturated heterocycles. The molecule has 0 nitrogen and oxygen atoms in total. The number of hydrogen-bond donors (Lipinski definition) is 0. The summed E-state index contributed by atoms with van der Waals surface area (Å²) in [6, 6.07) is 44.4. The highest BCUT2D eigenvalue weighted by atomic mass is 14.3. The molecule has 33 heavy (non-hydrogen) atoms. The normalized spacial score (nSPS) is 13.0. The van der Waals surface area contributed by atoms with Crippen molar-refractivity contribution >= 4 is 10.8 Å². The van der Waals surface area contributed by atoms with Crippen LogP contribution in [0, 0.1) is 6.92 Å². The van der Waals surface area contributed by atoms with E-state index in [9.17, 15) is 0 Å². The molecule has 0 aliphatic heterocycles. The SMILES string of the molecule is Cc1ccc(-c2ccc(C(C)C(Cc3ccccc3)c3cccc4ccccc34)cc2)cc1. The topological polar surface area (TPSA) is 0 Å². The maximum absolute atomic E-state index is 2.39. The fraction of sp³-hybridized carbons (Fsp3) is 0.152. The Morgan fingerprint density at radius 3 is 1.91 bits per heavy atom. The van der Waals surface area contributed by atoms with Gasteiger partial charge in [-0.3, -0.25) is 0 Å². The second kappa shape index (κ2) is 9.46. The Morgan fingerprint density at radius 2 is 1.18 bits per heavy atom. The Balaban J connectivity index is 1.52. The summed E-state index contributed by atoms with van der Waals surface area (Å²) < 4.78 is 0. The Morgan fingerprint density at radius 1 is 0.576 bits per heavy atom. The lowest BCUT2D eigenvalue weighted by atomic mass is 9.77. The van der Waals surface area contributed by atoms with E-state index in [2.05, 4.69) is 135 Å². The summed E-state index contributed by atoms with van der Waals surface area (Å²) >= 11 is 0. The van der Waals surface area contributed by atoms with Crippen LogP contribution in [-0.2, 0) is 6.42 Å². The molecular formula is C33H30. The third-order valence-corrected chi connectivity index (χ3v) is 6.95. The molecule has 0 amide bonds. The molecule has 0 aliphatic carbocycles. The maximum atomic E-state index is 2.39. The predicted molar refractivity (Wildman–Crippen MR) is 142 cm³/mol. The second-order valence-corrected chi connectivity index (χ2v) is 9.14. The Labute approximate surface area is 197 Å². The first kappa shape index (κ1) is 21.2. The molecule has 5 aromatic carbocycles. The molecule has 0 heterocycles. The van der Waals surface area contributed by atoms with Gasteiger partial charge in [0.15, 0.2) is 0 Å². The third kappa shape index (κ3) is 4.61. The van der Waals surface area contributed by atoms with Crippen LogP contribution in [0.1, 0.15) is 41.0 Å². The van der Waals surface area contributed by atoms with Crippen molar-refractivity contribution in [3.63, 3.8) is 0 Å². The molecule has 0 aliphatic rings. The summed E-state index contributed by atoms with van der Waals surface area (Å²) in [5.74, 6) is 0.784. The highest BCUT2D eigenvalue weighted by Crippen LogP contribution is 2.39. The molecule has 2 unspecified atom stereocenters. The highest BCUT2D eigenvalue weighted by molar-refractivity contribution is 5.86. The number of fused-ring (bicyclic) bond motifs is 1. The molecule has 5 aromatic rings.